The van der Waals surface area contributed by atoms with Crippen LogP contribution in [0.15, 0.2) is 134 Å². The summed E-state index contributed by atoms with van der Waals surface area (Å²) in [5.74, 6) is -0.261. The molecule has 550 valence electrons. The lowest BCUT2D eigenvalue weighted by Crippen LogP contribution is -2.65. The van der Waals surface area contributed by atoms with E-state index in [2.05, 4.69) is 141 Å². The Morgan fingerprint density at radius 2 is 0.729 bits per heavy atom. The van der Waals surface area contributed by atoms with Gasteiger partial charge in [-0.25, -0.2) is 0 Å². The molecular formula is C82H139NO13. The molecule has 14 heteroatoms. The number of aliphatic hydroxyl groups excluding tert-OH is 8. The van der Waals surface area contributed by atoms with Crippen molar-refractivity contribution >= 4 is 5.91 Å². The lowest BCUT2D eigenvalue weighted by molar-refractivity contribution is -0.359. The molecule has 2 rings (SSSR count). The molecule has 96 heavy (non-hydrogen) atoms. The van der Waals surface area contributed by atoms with E-state index >= 15 is 0 Å². The zero-order valence-corrected chi connectivity index (χ0v) is 60.1. The van der Waals surface area contributed by atoms with Gasteiger partial charge in [-0.05, 0) is 109 Å². The molecule has 0 aromatic heterocycles. The minimum atomic E-state index is -1.80. The van der Waals surface area contributed by atoms with E-state index in [4.69, 9.17) is 18.9 Å². The van der Waals surface area contributed by atoms with Crippen molar-refractivity contribution in [2.24, 2.45) is 0 Å². The number of ether oxygens (including phenoxy) is 4. The standard InChI is InChI=1S/C82H139NO13/c1-3-5-7-9-11-13-15-17-19-21-23-25-27-29-31-32-33-34-35-36-37-38-40-42-44-46-48-50-52-54-56-58-60-62-64-66-74(87)83-70(69-93-81-79(92)77(90)80(73(68-85)95-81)96-82-78(91)76(89)75(88)72(67-84)94-82)71(86)65-63-61-59-57-55-53-51-49-47-45-43-41-39-30-28-26-24-22-20-18-16-14-12-10-8-6-4-2/h5,7,11,13,17,19,23,25,29,31,33-34,36-37,40,42,47,49,55,57,63,65,70-73,75-82,84-86,88-92H,3-4,6,8-10,12,14-16,18,20-22,24,26-28,30,32,35,38-39,41,43-46,48,50-54,56,58-62,64,66-69H2,1-2H3,(H,83,87)/b7-5-,13-11-,19-17-,25-23-,31-29-,34-33-,37-36-,42-40-,49-47+,57-55+,65-63+. The molecule has 0 aromatic rings. The van der Waals surface area contributed by atoms with Gasteiger partial charge in [0.1, 0.15) is 48.8 Å². The van der Waals surface area contributed by atoms with E-state index in [0.29, 0.717) is 12.8 Å². The molecule has 1 amide bonds. The molecule has 0 aliphatic carbocycles. The van der Waals surface area contributed by atoms with E-state index < -0.39 is 86.8 Å². The number of unbranched alkanes of at least 4 members (excludes halogenated alkanes) is 29. The van der Waals surface area contributed by atoms with Crippen LogP contribution in [0.3, 0.4) is 0 Å². The Bertz CT molecular complexity index is 2130. The summed E-state index contributed by atoms with van der Waals surface area (Å²) in [6.07, 6.45) is 79.4. The van der Waals surface area contributed by atoms with Crippen LogP contribution in [0.25, 0.3) is 0 Å². The Kier molecular flexibility index (Phi) is 59.3. The van der Waals surface area contributed by atoms with Gasteiger partial charge in [-0.3, -0.25) is 4.79 Å². The zero-order chi connectivity index (χ0) is 69.4. The summed E-state index contributed by atoms with van der Waals surface area (Å²) in [5, 5.41) is 87.6. The second-order valence-corrected chi connectivity index (χ2v) is 26.4. The number of amides is 1. The van der Waals surface area contributed by atoms with Gasteiger partial charge in [0.2, 0.25) is 5.91 Å². The lowest BCUT2D eigenvalue weighted by Gasteiger charge is -2.46. The maximum atomic E-state index is 13.4. The van der Waals surface area contributed by atoms with Crippen molar-refractivity contribution in [3.63, 3.8) is 0 Å². The molecule has 0 aromatic carbocycles. The molecular weight excluding hydrogens is 1210 g/mol. The van der Waals surface area contributed by atoms with Gasteiger partial charge in [0.05, 0.1) is 32.0 Å². The van der Waals surface area contributed by atoms with Crippen molar-refractivity contribution in [2.75, 3.05) is 19.8 Å². The van der Waals surface area contributed by atoms with Gasteiger partial charge in [0.15, 0.2) is 12.6 Å². The Balaban J connectivity index is 1.67. The average molecular weight is 1350 g/mol. The van der Waals surface area contributed by atoms with Gasteiger partial charge in [0, 0.05) is 6.42 Å². The van der Waals surface area contributed by atoms with Gasteiger partial charge in [-0.2, -0.15) is 0 Å². The average Bonchev–Trinajstić information content (AvgIpc) is 0.797. The molecule has 2 saturated heterocycles. The first-order chi connectivity index (χ1) is 47.1. The molecule has 0 spiro atoms. The molecule has 0 bridgehead atoms. The lowest BCUT2D eigenvalue weighted by atomic mass is 9.97. The van der Waals surface area contributed by atoms with E-state index in [0.717, 1.165) is 103 Å². The van der Waals surface area contributed by atoms with Gasteiger partial charge < -0.3 is 65.1 Å². The monoisotopic (exact) mass is 1350 g/mol. The number of rotatable bonds is 62. The minimum absolute atomic E-state index is 0.256. The highest BCUT2D eigenvalue weighted by Gasteiger charge is 2.51. The van der Waals surface area contributed by atoms with Crippen LogP contribution in [0.5, 0.6) is 0 Å². The van der Waals surface area contributed by atoms with Crippen molar-refractivity contribution in [1.82, 2.24) is 5.32 Å². The van der Waals surface area contributed by atoms with E-state index in [1.807, 2.05) is 6.08 Å². The van der Waals surface area contributed by atoms with Gasteiger partial charge >= 0.3 is 0 Å². The van der Waals surface area contributed by atoms with Crippen LogP contribution in [-0.2, 0) is 23.7 Å². The van der Waals surface area contributed by atoms with Crippen molar-refractivity contribution in [3.05, 3.63) is 134 Å². The number of hydrogen-bond donors (Lipinski definition) is 9. The van der Waals surface area contributed by atoms with Crippen molar-refractivity contribution in [3.8, 4) is 0 Å². The fraction of sp³-hybridized carbons (Fsp3) is 0.720. The molecule has 2 fully saturated rings. The van der Waals surface area contributed by atoms with Gasteiger partial charge in [-0.1, -0.05) is 302 Å². The number of hydrogen-bond acceptors (Lipinski definition) is 13. The SMILES string of the molecule is CC/C=C\C/C=C\C/C=C\C/C=C\C/C=C\C/C=C\C/C=C\C/C=C\CCCCCCCCCCCCC(=O)NC(COC1OC(CO)C(OC2OC(CO)C(O)C(O)C2O)C(O)C1O)C(O)/C=C/CC/C=C/CC/C=C/CCCCCCCCCCCCCCCCCCC. The summed E-state index contributed by atoms with van der Waals surface area (Å²) in [6, 6.07) is -0.952. The Morgan fingerprint density at radius 1 is 0.385 bits per heavy atom. The smallest absolute Gasteiger partial charge is 0.220 e. The van der Waals surface area contributed by atoms with Crippen LogP contribution in [-0.4, -0.2) is 140 Å². The molecule has 0 radical (unpaired) electrons. The van der Waals surface area contributed by atoms with Crippen LogP contribution in [0.1, 0.15) is 284 Å². The molecule has 0 saturated carbocycles. The van der Waals surface area contributed by atoms with Crippen LogP contribution < -0.4 is 5.32 Å². The fourth-order valence-electron chi connectivity index (χ4n) is 11.8. The summed E-state index contributed by atoms with van der Waals surface area (Å²) >= 11 is 0. The van der Waals surface area contributed by atoms with Gasteiger partial charge in [0.25, 0.3) is 0 Å². The van der Waals surface area contributed by atoms with Crippen molar-refractivity contribution in [2.45, 2.75) is 357 Å². The van der Waals surface area contributed by atoms with E-state index in [-0.39, 0.29) is 18.9 Å². The second kappa shape index (κ2) is 64.5. The minimum Gasteiger partial charge on any atom is -0.394 e. The Labute approximate surface area is 583 Å². The van der Waals surface area contributed by atoms with Crippen LogP contribution in [0.2, 0.25) is 0 Å². The first-order valence-corrected chi connectivity index (χ1v) is 38.4. The number of carbonyl (C=O) groups is 1. The number of nitrogens with one attached hydrogen (secondary N) is 1. The van der Waals surface area contributed by atoms with Crippen LogP contribution in [0.4, 0.5) is 0 Å². The topological polar surface area (TPSA) is 228 Å². The maximum Gasteiger partial charge on any atom is 0.220 e. The van der Waals surface area contributed by atoms with E-state index in [1.54, 1.807) is 6.08 Å². The largest absolute Gasteiger partial charge is 0.394 e. The third kappa shape index (κ3) is 47.2. The van der Waals surface area contributed by atoms with E-state index in [1.165, 1.54) is 148 Å². The highest BCUT2D eigenvalue weighted by atomic mass is 16.7. The maximum absolute atomic E-state index is 13.4. The normalized spacial score (nSPS) is 23.0. The molecule has 9 N–H and O–H groups in total. The first kappa shape index (κ1) is 88.2. The number of carbonyl (C=O) groups excluding carboxylic acids is 1. The second-order valence-electron chi connectivity index (χ2n) is 26.4. The summed E-state index contributed by atoms with van der Waals surface area (Å²) in [6.45, 7) is 2.68. The fourth-order valence-corrected chi connectivity index (χ4v) is 11.8. The molecule has 12 atom stereocenters. The van der Waals surface area contributed by atoms with E-state index in [9.17, 15) is 45.6 Å². The summed E-state index contributed by atoms with van der Waals surface area (Å²) in [5.41, 5.74) is 0. The Hall–Kier alpha value is -3.87. The van der Waals surface area contributed by atoms with Crippen molar-refractivity contribution < 1.29 is 64.6 Å². The summed E-state index contributed by atoms with van der Waals surface area (Å²) in [4.78, 5) is 13.4. The molecule has 14 nitrogen and oxygen atoms in total. The molecule has 2 heterocycles. The number of aliphatic hydroxyl groups is 8. The first-order valence-electron chi connectivity index (χ1n) is 38.4. The quantitative estimate of drug-likeness (QED) is 0.0204. The predicted octanol–water partition coefficient (Wildman–Crippen LogP) is 17.0. The van der Waals surface area contributed by atoms with Crippen LogP contribution in [0, 0.1) is 0 Å². The summed E-state index contributed by atoms with van der Waals surface area (Å²) in [7, 11) is 0. The predicted molar refractivity (Wildman–Crippen MR) is 396 cm³/mol. The van der Waals surface area contributed by atoms with Crippen LogP contribution >= 0.6 is 0 Å². The highest BCUT2D eigenvalue weighted by molar-refractivity contribution is 5.76. The third-order valence-electron chi connectivity index (χ3n) is 17.8. The summed E-state index contributed by atoms with van der Waals surface area (Å²) < 4.78 is 22.9. The van der Waals surface area contributed by atoms with Gasteiger partial charge in [-0.15, -0.1) is 0 Å². The Morgan fingerprint density at radius 3 is 1.15 bits per heavy atom. The molecule has 2 aliphatic heterocycles. The van der Waals surface area contributed by atoms with Crippen molar-refractivity contribution in [1.29, 1.82) is 0 Å². The highest BCUT2D eigenvalue weighted by Crippen LogP contribution is 2.30. The molecule has 12 unspecified atom stereocenters. The third-order valence-corrected chi connectivity index (χ3v) is 17.8. The molecule has 2 aliphatic rings. The zero-order valence-electron chi connectivity index (χ0n) is 60.1. The number of allylic oxidation sites excluding steroid dienone is 21.